The number of likely N-dealkylation sites (N-methyl/N-ethyl adjacent to an activating group) is 1. The van der Waals surface area contributed by atoms with Gasteiger partial charge in [0, 0.05) is 44.6 Å². The molecule has 0 bridgehead atoms. The molecule has 0 aliphatic carbocycles. The normalized spacial score (nSPS) is 11.2. The van der Waals surface area contributed by atoms with Crippen molar-refractivity contribution in [2.24, 2.45) is 0 Å². The fourth-order valence-electron chi connectivity index (χ4n) is 3.36. The van der Waals surface area contributed by atoms with Crippen molar-refractivity contribution in [2.75, 3.05) is 45.2 Å². The fraction of sp³-hybridized carbons (Fsp3) is 0.333. The smallest absolute Gasteiger partial charge is 0.260 e. The molecule has 3 aromatic rings. The van der Waals surface area contributed by atoms with Crippen LogP contribution in [0.25, 0.3) is 10.2 Å². The van der Waals surface area contributed by atoms with Crippen LogP contribution in [0.4, 0.5) is 9.52 Å². The Morgan fingerprint density at radius 1 is 1.00 bits per heavy atom. The molecule has 0 spiro atoms. The highest BCUT2D eigenvalue weighted by molar-refractivity contribution is 7.89. The van der Waals surface area contributed by atoms with Crippen LogP contribution in [0.1, 0.15) is 23.2 Å². The minimum absolute atomic E-state index is 0. The Balaban J connectivity index is 0.00000481. The van der Waals surface area contributed by atoms with E-state index in [-0.39, 0.29) is 60.5 Å². The lowest BCUT2D eigenvalue weighted by Gasteiger charge is -2.22. The number of nitriles is 2. The molecule has 0 aliphatic rings. The van der Waals surface area contributed by atoms with Crippen LogP contribution in [0.2, 0.25) is 0 Å². The van der Waals surface area contributed by atoms with Crippen LogP contribution in [0.15, 0.2) is 47.4 Å². The van der Waals surface area contributed by atoms with Crippen molar-refractivity contribution in [3.63, 3.8) is 0 Å². The molecule has 1 heterocycles. The summed E-state index contributed by atoms with van der Waals surface area (Å²) >= 11 is 1.20. The summed E-state index contributed by atoms with van der Waals surface area (Å²) in [4.78, 5) is 21.3. The van der Waals surface area contributed by atoms with Gasteiger partial charge in [0.25, 0.3) is 5.91 Å². The van der Waals surface area contributed by atoms with Gasteiger partial charge in [0.15, 0.2) is 5.13 Å². The van der Waals surface area contributed by atoms with Gasteiger partial charge in [0.2, 0.25) is 10.0 Å². The largest absolute Gasteiger partial charge is 0.308 e. The monoisotopic (exact) mass is 564 g/mol. The number of hydrogen-bond donors (Lipinski definition) is 0. The summed E-state index contributed by atoms with van der Waals surface area (Å²) < 4.78 is 41.5. The van der Waals surface area contributed by atoms with E-state index < -0.39 is 10.0 Å². The van der Waals surface area contributed by atoms with Crippen LogP contribution >= 0.6 is 23.7 Å². The third kappa shape index (κ3) is 7.44. The number of rotatable bonds is 11. The molecule has 0 atom stereocenters. The van der Waals surface area contributed by atoms with E-state index in [4.69, 9.17) is 10.5 Å². The summed E-state index contributed by atoms with van der Waals surface area (Å²) in [6, 6.07) is 13.6. The first kappa shape index (κ1) is 30.1. The number of fused-ring (bicyclic) bond motifs is 1. The topological polar surface area (TPSA) is 121 Å². The van der Waals surface area contributed by atoms with Gasteiger partial charge in [-0.3, -0.25) is 9.69 Å². The first-order valence-electron chi connectivity index (χ1n) is 11.0. The van der Waals surface area contributed by atoms with Crippen LogP contribution in [-0.4, -0.2) is 68.8 Å². The fourth-order valence-corrected chi connectivity index (χ4v) is 5.82. The Labute approximate surface area is 225 Å². The zero-order valence-corrected chi connectivity index (χ0v) is 22.7. The molecule has 3 rings (SSSR count). The number of halogens is 2. The molecule has 0 saturated carbocycles. The van der Waals surface area contributed by atoms with Gasteiger partial charge >= 0.3 is 0 Å². The SMILES string of the molecule is CN(C)CCN(C(=O)c1ccc(S(=O)(=O)N(CCC#N)CCC#N)cc1)c1nc2ccc(F)cc2s1.Cl. The molecule has 0 N–H and O–H groups in total. The standard InChI is InChI=1S/C24H25FN6O3S2.ClH/c1-29(2)15-16-31(24-28-21-10-7-19(25)17-22(21)35-24)23(32)18-5-8-20(9-6-18)36(33,34)30(13-3-11-26)14-4-12-27;/h5-10,17H,3-4,13-16H2,1-2H3;1H. The van der Waals surface area contributed by atoms with Crippen molar-refractivity contribution in [3.8, 4) is 12.1 Å². The number of carbonyl (C=O) groups excluding carboxylic acids is 1. The predicted octanol–water partition coefficient (Wildman–Crippen LogP) is 3.88. The maximum atomic E-state index is 13.7. The van der Waals surface area contributed by atoms with Gasteiger partial charge in [0.05, 0.1) is 27.3 Å². The van der Waals surface area contributed by atoms with Crippen molar-refractivity contribution in [2.45, 2.75) is 17.7 Å². The van der Waals surface area contributed by atoms with Crippen LogP contribution in [0.5, 0.6) is 0 Å². The Morgan fingerprint density at radius 3 is 2.19 bits per heavy atom. The molecular formula is C24H26ClFN6O3S2. The van der Waals surface area contributed by atoms with Crippen molar-refractivity contribution in [1.29, 1.82) is 10.5 Å². The quantitative estimate of drug-likeness (QED) is 0.346. The highest BCUT2D eigenvalue weighted by Gasteiger charge is 2.26. The highest BCUT2D eigenvalue weighted by Crippen LogP contribution is 2.30. The van der Waals surface area contributed by atoms with Gasteiger partial charge in [-0.25, -0.2) is 17.8 Å². The molecule has 2 aromatic carbocycles. The van der Waals surface area contributed by atoms with E-state index in [2.05, 4.69) is 4.98 Å². The summed E-state index contributed by atoms with van der Waals surface area (Å²) in [5.41, 5.74) is 0.842. The molecule has 37 heavy (non-hydrogen) atoms. The van der Waals surface area contributed by atoms with Crippen molar-refractivity contribution in [3.05, 3.63) is 53.8 Å². The second-order valence-corrected chi connectivity index (χ2v) is 11.1. The van der Waals surface area contributed by atoms with E-state index in [1.54, 1.807) is 6.07 Å². The summed E-state index contributed by atoms with van der Waals surface area (Å²) in [5.74, 6) is -0.759. The van der Waals surface area contributed by atoms with E-state index in [1.807, 2.05) is 31.1 Å². The average Bonchev–Trinajstić information content (AvgIpc) is 3.26. The van der Waals surface area contributed by atoms with Crippen LogP contribution in [-0.2, 0) is 10.0 Å². The lowest BCUT2D eigenvalue weighted by molar-refractivity contribution is 0.0985. The number of nitrogens with zero attached hydrogens (tertiary/aromatic N) is 6. The minimum atomic E-state index is -3.95. The van der Waals surface area contributed by atoms with Gasteiger partial charge in [-0.2, -0.15) is 14.8 Å². The number of thiazole rings is 1. The highest BCUT2D eigenvalue weighted by atomic mass is 35.5. The molecule has 0 saturated heterocycles. The Hall–Kier alpha value is -3.13. The molecule has 196 valence electrons. The molecule has 0 radical (unpaired) electrons. The van der Waals surface area contributed by atoms with Gasteiger partial charge in [-0.1, -0.05) is 11.3 Å². The van der Waals surface area contributed by atoms with Gasteiger partial charge < -0.3 is 4.90 Å². The Bertz CT molecular complexity index is 1400. The van der Waals surface area contributed by atoms with Crippen LogP contribution in [0.3, 0.4) is 0 Å². The maximum absolute atomic E-state index is 13.7. The molecule has 13 heteroatoms. The third-order valence-corrected chi connectivity index (χ3v) is 8.23. The summed E-state index contributed by atoms with van der Waals surface area (Å²) in [5, 5.41) is 18.1. The minimum Gasteiger partial charge on any atom is -0.308 e. The van der Waals surface area contributed by atoms with E-state index in [1.165, 1.54) is 52.6 Å². The molecule has 0 unspecified atom stereocenters. The first-order chi connectivity index (χ1) is 17.2. The van der Waals surface area contributed by atoms with Crippen molar-refractivity contribution >= 4 is 55.0 Å². The molecule has 0 fully saturated rings. The molecular weight excluding hydrogens is 539 g/mol. The maximum Gasteiger partial charge on any atom is 0.260 e. The molecule has 1 amide bonds. The average molecular weight is 565 g/mol. The number of benzene rings is 2. The number of sulfonamides is 1. The summed E-state index contributed by atoms with van der Waals surface area (Å²) in [6.45, 7) is 0.814. The zero-order valence-electron chi connectivity index (χ0n) is 20.3. The second kappa shape index (κ2) is 13.4. The molecule has 1 aromatic heterocycles. The first-order valence-corrected chi connectivity index (χ1v) is 13.3. The van der Waals surface area contributed by atoms with Crippen molar-refractivity contribution < 1.29 is 17.6 Å². The van der Waals surface area contributed by atoms with Gasteiger partial charge in [-0.05, 0) is 56.6 Å². The Kier molecular flexibility index (Phi) is 10.9. The second-order valence-electron chi connectivity index (χ2n) is 8.11. The number of hydrogen-bond acceptors (Lipinski definition) is 8. The molecule has 9 nitrogen and oxygen atoms in total. The third-order valence-electron chi connectivity index (χ3n) is 5.27. The van der Waals surface area contributed by atoms with Crippen molar-refractivity contribution in [1.82, 2.24) is 14.2 Å². The number of amides is 1. The van der Waals surface area contributed by atoms with E-state index in [9.17, 15) is 17.6 Å². The lowest BCUT2D eigenvalue weighted by Crippen LogP contribution is -2.36. The number of carbonyl (C=O) groups is 1. The van der Waals surface area contributed by atoms with Gasteiger partial charge in [0.1, 0.15) is 5.82 Å². The Morgan fingerprint density at radius 2 is 1.62 bits per heavy atom. The summed E-state index contributed by atoms with van der Waals surface area (Å²) in [6.07, 6.45) is -0.0116. The van der Waals surface area contributed by atoms with Gasteiger partial charge in [-0.15, -0.1) is 12.4 Å². The van der Waals surface area contributed by atoms with Crippen LogP contribution in [0, 0.1) is 28.5 Å². The number of anilines is 1. The number of aromatic nitrogens is 1. The lowest BCUT2D eigenvalue weighted by atomic mass is 10.2. The van der Waals surface area contributed by atoms with E-state index >= 15 is 0 Å². The summed E-state index contributed by atoms with van der Waals surface area (Å²) in [7, 11) is -0.199. The van der Waals surface area contributed by atoms with E-state index in [0.717, 1.165) is 4.31 Å². The zero-order chi connectivity index (χ0) is 26.3. The predicted molar refractivity (Wildman–Crippen MR) is 143 cm³/mol. The van der Waals surface area contributed by atoms with Crippen LogP contribution < -0.4 is 4.90 Å². The molecule has 0 aliphatic heterocycles. The van der Waals surface area contributed by atoms with E-state index in [0.29, 0.717) is 28.4 Å².